The zero-order chi connectivity index (χ0) is 7.84. The van der Waals surface area contributed by atoms with E-state index in [1.165, 1.54) is 11.4 Å². The monoisotopic (exact) mass is 187 g/mol. The number of hydrogen-bond donors (Lipinski definition) is 0. The van der Waals surface area contributed by atoms with E-state index in [2.05, 4.69) is 10.4 Å². The lowest BCUT2D eigenvalue weighted by atomic mass is 10.3. The van der Waals surface area contributed by atoms with E-state index in [1.54, 1.807) is 11.3 Å². The summed E-state index contributed by atoms with van der Waals surface area (Å²) in [7, 11) is 0. The first-order valence-corrected chi connectivity index (χ1v) is 5.20. The molecule has 3 heteroatoms. The highest BCUT2D eigenvalue weighted by molar-refractivity contribution is 7.09. The van der Waals surface area contributed by atoms with E-state index in [0.717, 1.165) is 11.6 Å². The van der Waals surface area contributed by atoms with Crippen molar-refractivity contribution in [1.29, 1.82) is 0 Å². The highest BCUT2D eigenvalue weighted by Gasteiger charge is 2.39. The summed E-state index contributed by atoms with van der Waals surface area (Å²) in [6.45, 7) is 2.04. The molecule has 0 radical (unpaired) electrons. The number of thiazole rings is 1. The molecule has 0 unspecified atom stereocenters. The van der Waals surface area contributed by atoms with E-state index >= 15 is 0 Å². The zero-order valence-corrected chi connectivity index (χ0v) is 7.95. The van der Waals surface area contributed by atoms with Crippen LogP contribution in [0.15, 0.2) is 5.38 Å². The smallest absolute Gasteiger partial charge is 0.0962 e. The van der Waals surface area contributed by atoms with Gasteiger partial charge >= 0.3 is 0 Å². The van der Waals surface area contributed by atoms with Crippen LogP contribution in [0.5, 0.6) is 0 Å². The summed E-state index contributed by atoms with van der Waals surface area (Å²) in [6.07, 6.45) is 1.25. The summed E-state index contributed by atoms with van der Waals surface area (Å²) in [4.78, 5) is 4.43. The zero-order valence-electron chi connectivity index (χ0n) is 6.38. The van der Waals surface area contributed by atoms with Crippen LogP contribution >= 0.6 is 22.9 Å². The van der Waals surface area contributed by atoms with Crippen LogP contribution < -0.4 is 0 Å². The second kappa shape index (κ2) is 2.76. The van der Waals surface area contributed by atoms with Crippen LogP contribution in [0.4, 0.5) is 0 Å². The summed E-state index contributed by atoms with van der Waals surface area (Å²) in [5.74, 6) is 2.19. The lowest BCUT2D eigenvalue weighted by molar-refractivity contribution is 0.909. The fraction of sp³-hybridized carbons (Fsp3) is 0.625. The summed E-state index contributed by atoms with van der Waals surface area (Å²) in [5, 5.41) is 3.40. The Morgan fingerprint density at radius 2 is 2.64 bits per heavy atom. The molecule has 1 fully saturated rings. The van der Waals surface area contributed by atoms with Crippen LogP contribution in [0.2, 0.25) is 0 Å². The number of hydrogen-bond acceptors (Lipinski definition) is 2. The number of halogens is 1. The molecule has 1 saturated carbocycles. The van der Waals surface area contributed by atoms with Gasteiger partial charge in [-0.05, 0) is 19.3 Å². The maximum Gasteiger partial charge on any atom is 0.0962 e. The van der Waals surface area contributed by atoms with Crippen molar-refractivity contribution in [3.63, 3.8) is 0 Å². The number of aromatic nitrogens is 1. The second-order valence-corrected chi connectivity index (χ2v) is 4.28. The van der Waals surface area contributed by atoms with Gasteiger partial charge in [0.2, 0.25) is 0 Å². The molecule has 1 nitrogen and oxygen atoms in total. The Morgan fingerprint density at radius 3 is 3.09 bits per heavy atom. The van der Waals surface area contributed by atoms with Crippen molar-refractivity contribution in [2.75, 3.05) is 5.88 Å². The molecule has 1 heterocycles. The molecule has 1 aliphatic carbocycles. The van der Waals surface area contributed by atoms with Crippen LogP contribution in [0.3, 0.4) is 0 Å². The Hall–Kier alpha value is -0.0800. The number of rotatable bonds is 2. The van der Waals surface area contributed by atoms with Gasteiger partial charge in [0.05, 0.1) is 5.01 Å². The minimum Gasteiger partial charge on any atom is -0.246 e. The molecule has 60 valence electrons. The van der Waals surface area contributed by atoms with Gasteiger partial charge in [-0.1, -0.05) is 0 Å². The molecule has 1 aromatic rings. The molecule has 0 saturated heterocycles. The van der Waals surface area contributed by atoms with Gasteiger partial charge in [-0.3, -0.25) is 0 Å². The Balaban J connectivity index is 2.08. The van der Waals surface area contributed by atoms with Crippen LogP contribution in [0.1, 0.15) is 23.0 Å². The van der Waals surface area contributed by atoms with Crippen molar-refractivity contribution in [2.45, 2.75) is 19.3 Å². The van der Waals surface area contributed by atoms with Crippen LogP contribution in [0.25, 0.3) is 0 Å². The Bertz CT molecular complexity index is 258. The molecular weight excluding hydrogens is 178 g/mol. The summed E-state index contributed by atoms with van der Waals surface area (Å²) >= 11 is 7.50. The SMILES string of the molecule is Cc1csc([C@H]2C[C@H]2CCl)n1. The molecular formula is C8H10ClNS. The highest BCUT2D eigenvalue weighted by atomic mass is 35.5. The van der Waals surface area contributed by atoms with Crippen molar-refractivity contribution >= 4 is 22.9 Å². The van der Waals surface area contributed by atoms with E-state index < -0.39 is 0 Å². The largest absolute Gasteiger partial charge is 0.246 e. The van der Waals surface area contributed by atoms with Crippen molar-refractivity contribution in [3.8, 4) is 0 Å². The van der Waals surface area contributed by atoms with E-state index in [9.17, 15) is 0 Å². The maximum absolute atomic E-state index is 5.73. The van der Waals surface area contributed by atoms with Crippen LogP contribution in [-0.2, 0) is 0 Å². The molecule has 2 atom stereocenters. The summed E-state index contributed by atoms with van der Waals surface area (Å²) in [6, 6.07) is 0. The molecule has 0 bridgehead atoms. The average Bonchev–Trinajstić information content (AvgIpc) is 2.68. The Kier molecular flexibility index (Phi) is 1.90. The molecule has 1 aliphatic rings. The van der Waals surface area contributed by atoms with Gasteiger partial charge in [0.25, 0.3) is 0 Å². The first-order valence-electron chi connectivity index (χ1n) is 3.79. The van der Waals surface area contributed by atoms with Gasteiger partial charge in [0.15, 0.2) is 0 Å². The van der Waals surface area contributed by atoms with Crippen molar-refractivity contribution in [1.82, 2.24) is 4.98 Å². The van der Waals surface area contributed by atoms with E-state index in [-0.39, 0.29) is 0 Å². The molecule has 1 aromatic heterocycles. The highest BCUT2D eigenvalue weighted by Crippen LogP contribution is 2.48. The Morgan fingerprint density at radius 1 is 1.82 bits per heavy atom. The molecule has 2 rings (SSSR count). The number of alkyl halides is 1. The van der Waals surface area contributed by atoms with E-state index in [0.29, 0.717) is 11.8 Å². The first-order chi connectivity index (χ1) is 5.31. The molecule has 11 heavy (non-hydrogen) atoms. The van der Waals surface area contributed by atoms with Gasteiger partial charge in [-0.2, -0.15) is 0 Å². The fourth-order valence-corrected chi connectivity index (χ4v) is 2.61. The van der Waals surface area contributed by atoms with Crippen LogP contribution in [0, 0.1) is 12.8 Å². The normalized spacial score (nSPS) is 28.9. The maximum atomic E-state index is 5.73. The van der Waals surface area contributed by atoms with Crippen molar-refractivity contribution in [3.05, 3.63) is 16.1 Å². The molecule has 0 N–H and O–H groups in total. The average molecular weight is 188 g/mol. The quantitative estimate of drug-likeness (QED) is 0.649. The Labute approximate surface area is 75.4 Å². The standard InChI is InChI=1S/C8H10ClNS/c1-5-4-11-8(10-5)7-2-6(7)3-9/h4,6-7H,2-3H2,1H3/t6-,7-/m0/s1. The van der Waals surface area contributed by atoms with Crippen molar-refractivity contribution < 1.29 is 0 Å². The minimum absolute atomic E-state index is 0.686. The lowest BCUT2D eigenvalue weighted by Crippen LogP contribution is -1.83. The molecule has 0 aromatic carbocycles. The van der Waals surface area contributed by atoms with Gasteiger partial charge in [0, 0.05) is 22.9 Å². The lowest BCUT2D eigenvalue weighted by Gasteiger charge is -1.88. The van der Waals surface area contributed by atoms with Gasteiger partial charge in [0.1, 0.15) is 0 Å². The summed E-state index contributed by atoms with van der Waals surface area (Å²) < 4.78 is 0. The second-order valence-electron chi connectivity index (χ2n) is 3.08. The van der Waals surface area contributed by atoms with Gasteiger partial charge in [-0.15, -0.1) is 22.9 Å². The summed E-state index contributed by atoms with van der Waals surface area (Å²) in [5.41, 5.74) is 1.14. The topological polar surface area (TPSA) is 12.9 Å². The third-order valence-electron chi connectivity index (χ3n) is 2.07. The van der Waals surface area contributed by atoms with E-state index in [1.807, 2.05) is 6.92 Å². The number of aryl methyl sites for hydroxylation is 1. The fourth-order valence-electron chi connectivity index (χ4n) is 1.26. The number of nitrogens with zero attached hydrogens (tertiary/aromatic N) is 1. The van der Waals surface area contributed by atoms with Crippen molar-refractivity contribution in [2.24, 2.45) is 5.92 Å². The predicted molar refractivity (Wildman–Crippen MR) is 48.4 cm³/mol. The third-order valence-corrected chi connectivity index (χ3v) is 3.57. The van der Waals surface area contributed by atoms with E-state index in [4.69, 9.17) is 11.6 Å². The van der Waals surface area contributed by atoms with Gasteiger partial charge < -0.3 is 0 Å². The molecule has 0 aliphatic heterocycles. The van der Waals surface area contributed by atoms with Gasteiger partial charge in [-0.25, -0.2) is 4.98 Å². The molecule has 0 spiro atoms. The molecule has 0 amide bonds. The predicted octanol–water partition coefficient (Wildman–Crippen LogP) is 2.79. The third kappa shape index (κ3) is 1.42. The van der Waals surface area contributed by atoms with Crippen LogP contribution in [-0.4, -0.2) is 10.9 Å². The minimum atomic E-state index is 0.686. The first kappa shape index (κ1) is 7.56.